The molecule has 172 valence electrons. The van der Waals surface area contributed by atoms with E-state index in [9.17, 15) is 9.18 Å². The van der Waals surface area contributed by atoms with E-state index in [0.717, 1.165) is 11.1 Å². The molecule has 0 fully saturated rings. The summed E-state index contributed by atoms with van der Waals surface area (Å²) in [4.78, 5) is 19.3. The van der Waals surface area contributed by atoms with Gasteiger partial charge in [-0.1, -0.05) is 41.6 Å². The van der Waals surface area contributed by atoms with Crippen LogP contribution in [0.25, 0.3) is 11.4 Å². The Kier molecular flexibility index (Phi) is 6.20. The summed E-state index contributed by atoms with van der Waals surface area (Å²) >= 11 is 0. The highest BCUT2D eigenvalue weighted by atomic mass is 19.1. The first-order chi connectivity index (χ1) is 16.7. The molecule has 5 rings (SSSR count). The molecule has 7 nitrogen and oxygen atoms in total. The fourth-order valence-electron chi connectivity index (χ4n) is 3.77. The van der Waals surface area contributed by atoms with Crippen molar-refractivity contribution >= 4 is 5.91 Å². The summed E-state index contributed by atoms with van der Waals surface area (Å²) in [6, 6.07) is 21.1. The summed E-state index contributed by atoms with van der Waals surface area (Å²) in [5.41, 5.74) is 2.16. The first-order valence-electron chi connectivity index (χ1n) is 11.0. The Morgan fingerprint density at radius 2 is 1.74 bits per heavy atom. The van der Waals surface area contributed by atoms with E-state index in [-0.39, 0.29) is 12.7 Å². The second-order valence-corrected chi connectivity index (χ2v) is 7.87. The summed E-state index contributed by atoms with van der Waals surface area (Å²) in [6.07, 6.45) is 1.04. The van der Waals surface area contributed by atoms with E-state index in [1.54, 1.807) is 23.1 Å². The Morgan fingerprint density at radius 1 is 0.912 bits per heavy atom. The molecular formula is C26H22FN3O4. The highest BCUT2D eigenvalue weighted by Gasteiger charge is 2.19. The Balaban J connectivity index is 1.29. The molecule has 1 aliphatic rings. The van der Waals surface area contributed by atoms with Gasteiger partial charge in [-0.25, -0.2) is 4.39 Å². The molecule has 2 heterocycles. The minimum Gasteiger partial charge on any atom is -0.454 e. The molecule has 0 N–H and O–H groups in total. The summed E-state index contributed by atoms with van der Waals surface area (Å²) in [7, 11) is 0. The zero-order valence-electron chi connectivity index (χ0n) is 18.3. The summed E-state index contributed by atoms with van der Waals surface area (Å²) in [5.74, 6) is 1.46. The maximum atomic E-state index is 13.7. The van der Waals surface area contributed by atoms with E-state index in [4.69, 9.17) is 14.0 Å². The number of nitrogens with zero attached hydrogens (tertiary/aromatic N) is 3. The second-order valence-electron chi connectivity index (χ2n) is 7.87. The number of amides is 1. The molecular weight excluding hydrogens is 437 g/mol. The van der Waals surface area contributed by atoms with Crippen LogP contribution in [0.15, 0.2) is 77.3 Å². The molecule has 3 aromatic carbocycles. The molecule has 1 aliphatic heterocycles. The zero-order chi connectivity index (χ0) is 23.3. The van der Waals surface area contributed by atoms with Crippen LogP contribution in [-0.2, 0) is 12.8 Å². The van der Waals surface area contributed by atoms with Crippen LogP contribution in [0.5, 0.6) is 11.5 Å². The van der Waals surface area contributed by atoms with Gasteiger partial charge in [0.1, 0.15) is 5.82 Å². The summed E-state index contributed by atoms with van der Waals surface area (Å²) in [5, 5.41) is 4.06. The molecule has 0 bridgehead atoms. The van der Waals surface area contributed by atoms with E-state index >= 15 is 0 Å². The van der Waals surface area contributed by atoms with Crippen molar-refractivity contribution in [3.8, 4) is 22.9 Å². The average molecular weight is 459 g/mol. The Bertz CT molecular complexity index is 1290. The van der Waals surface area contributed by atoms with Gasteiger partial charge in [-0.3, -0.25) is 4.79 Å². The van der Waals surface area contributed by atoms with Crippen molar-refractivity contribution in [2.24, 2.45) is 0 Å². The minimum atomic E-state index is -0.445. The van der Waals surface area contributed by atoms with Crippen molar-refractivity contribution in [3.63, 3.8) is 0 Å². The molecule has 0 saturated heterocycles. The van der Waals surface area contributed by atoms with Crippen LogP contribution < -0.4 is 9.47 Å². The van der Waals surface area contributed by atoms with Crippen molar-refractivity contribution in [2.45, 2.75) is 12.8 Å². The van der Waals surface area contributed by atoms with Gasteiger partial charge in [0.2, 0.25) is 18.5 Å². The molecule has 0 aliphatic carbocycles. The lowest BCUT2D eigenvalue weighted by molar-refractivity contribution is 0.0755. The molecule has 1 aromatic heterocycles. The molecule has 4 aromatic rings. The second kappa shape index (κ2) is 9.74. The lowest BCUT2D eigenvalue weighted by atomic mass is 10.1. The number of benzene rings is 3. The zero-order valence-corrected chi connectivity index (χ0v) is 18.3. The van der Waals surface area contributed by atoms with E-state index in [1.807, 2.05) is 36.4 Å². The smallest absolute Gasteiger partial charge is 0.253 e. The van der Waals surface area contributed by atoms with E-state index in [1.165, 1.54) is 18.2 Å². The van der Waals surface area contributed by atoms with Crippen molar-refractivity contribution in [2.75, 3.05) is 19.9 Å². The van der Waals surface area contributed by atoms with Crippen LogP contribution >= 0.6 is 0 Å². The standard InChI is InChI=1S/C26H22FN3O4/c27-21-8-4-7-20(15-21)26(31)30(13-11-18-5-2-1-3-6-18)14-12-24-28-25(29-34-24)19-9-10-22-23(16-19)33-17-32-22/h1-10,15-16H,11-14,17H2. The van der Waals surface area contributed by atoms with Gasteiger partial charge in [0.25, 0.3) is 5.91 Å². The average Bonchev–Trinajstić information content (AvgIpc) is 3.53. The number of halogens is 1. The van der Waals surface area contributed by atoms with Crippen LogP contribution in [-0.4, -0.2) is 40.8 Å². The number of carbonyl (C=O) groups is 1. The predicted molar refractivity (Wildman–Crippen MR) is 122 cm³/mol. The number of carbonyl (C=O) groups excluding carboxylic acids is 1. The first kappa shape index (κ1) is 21.6. The van der Waals surface area contributed by atoms with Gasteiger partial charge in [0, 0.05) is 30.6 Å². The lowest BCUT2D eigenvalue weighted by Crippen LogP contribution is -2.35. The number of fused-ring (bicyclic) bond motifs is 1. The number of rotatable bonds is 8. The first-order valence-corrected chi connectivity index (χ1v) is 11.0. The van der Waals surface area contributed by atoms with Crippen molar-refractivity contribution in [1.29, 1.82) is 0 Å². The van der Waals surface area contributed by atoms with Crippen molar-refractivity contribution in [1.82, 2.24) is 15.0 Å². The van der Waals surface area contributed by atoms with E-state index < -0.39 is 5.82 Å². The predicted octanol–water partition coefficient (Wildman–Crippen LogP) is 4.53. The van der Waals surface area contributed by atoms with Crippen molar-refractivity contribution in [3.05, 3.63) is 95.6 Å². The Hall–Kier alpha value is -4.20. The van der Waals surface area contributed by atoms with Crippen LogP contribution in [0.2, 0.25) is 0 Å². The van der Waals surface area contributed by atoms with E-state index in [2.05, 4.69) is 10.1 Å². The van der Waals surface area contributed by atoms with Gasteiger partial charge >= 0.3 is 0 Å². The highest BCUT2D eigenvalue weighted by molar-refractivity contribution is 5.94. The molecule has 0 saturated carbocycles. The third kappa shape index (κ3) is 4.91. The van der Waals surface area contributed by atoms with Gasteiger partial charge < -0.3 is 18.9 Å². The lowest BCUT2D eigenvalue weighted by Gasteiger charge is -2.22. The summed E-state index contributed by atoms with van der Waals surface area (Å²) < 4.78 is 29.9. The maximum Gasteiger partial charge on any atom is 0.253 e. The van der Waals surface area contributed by atoms with Gasteiger partial charge in [-0.05, 0) is 48.4 Å². The fourth-order valence-corrected chi connectivity index (χ4v) is 3.77. The van der Waals surface area contributed by atoms with Crippen LogP contribution in [0.1, 0.15) is 21.8 Å². The maximum absolute atomic E-state index is 13.7. The van der Waals surface area contributed by atoms with E-state index in [0.29, 0.717) is 54.7 Å². The fraction of sp³-hybridized carbons (Fsp3) is 0.192. The monoisotopic (exact) mass is 459 g/mol. The number of ether oxygens (including phenoxy) is 2. The Morgan fingerprint density at radius 3 is 2.59 bits per heavy atom. The third-order valence-electron chi connectivity index (χ3n) is 5.57. The number of aromatic nitrogens is 2. The SMILES string of the molecule is O=C(c1cccc(F)c1)N(CCc1ccccc1)CCc1nc(-c2ccc3c(c2)OCO3)no1. The van der Waals surface area contributed by atoms with Gasteiger partial charge in [-0.2, -0.15) is 4.98 Å². The van der Waals surface area contributed by atoms with Crippen LogP contribution in [0, 0.1) is 5.82 Å². The van der Waals surface area contributed by atoms with Crippen LogP contribution in [0.3, 0.4) is 0 Å². The van der Waals surface area contributed by atoms with Crippen molar-refractivity contribution < 1.29 is 23.2 Å². The molecule has 0 spiro atoms. The Labute approximate surface area is 195 Å². The summed E-state index contributed by atoms with van der Waals surface area (Å²) in [6.45, 7) is 1.02. The molecule has 34 heavy (non-hydrogen) atoms. The molecule has 8 heteroatoms. The number of hydrogen-bond donors (Lipinski definition) is 0. The molecule has 0 radical (unpaired) electrons. The minimum absolute atomic E-state index is 0.189. The van der Waals surface area contributed by atoms with Gasteiger partial charge in [0.15, 0.2) is 11.5 Å². The quantitative estimate of drug-likeness (QED) is 0.385. The molecule has 1 amide bonds. The largest absolute Gasteiger partial charge is 0.454 e. The highest BCUT2D eigenvalue weighted by Crippen LogP contribution is 2.35. The normalized spacial score (nSPS) is 12.0. The third-order valence-corrected chi connectivity index (χ3v) is 5.57. The molecule has 0 atom stereocenters. The van der Waals surface area contributed by atoms with Gasteiger partial charge in [0.05, 0.1) is 0 Å². The number of hydrogen-bond acceptors (Lipinski definition) is 6. The molecule has 0 unspecified atom stereocenters. The van der Waals surface area contributed by atoms with Crippen LogP contribution in [0.4, 0.5) is 4.39 Å². The van der Waals surface area contributed by atoms with Gasteiger partial charge in [-0.15, -0.1) is 0 Å². The topological polar surface area (TPSA) is 77.7 Å².